The van der Waals surface area contributed by atoms with Crippen molar-refractivity contribution >= 4 is 35.8 Å². The lowest BCUT2D eigenvalue weighted by Gasteiger charge is -2.31. The number of nitrogens with zero attached hydrogens (tertiary/aromatic N) is 3. The van der Waals surface area contributed by atoms with Crippen LogP contribution in [0.1, 0.15) is 24.4 Å². The van der Waals surface area contributed by atoms with E-state index in [1.54, 1.807) is 26.1 Å². The lowest BCUT2D eigenvalue weighted by molar-refractivity contribution is -0.127. The number of guanidine groups is 1. The van der Waals surface area contributed by atoms with E-state index in [2.05, 4.69) is 21.3 Å². The third kappa shape index (κ3) is 7.50. The van der Waals surface area contributed by atoms with Gasteiger partial charge in [-0.3, -0.25) is 4.79 Å². The van der Waals surface area contributed by atoms with Crippen molar-refractivity contribution in [3.8, 4) is 5.75 Å². The monoisotopic (exact) mass is 546 g/mol. The first-order valence-electron chi connectivity index (χ1n) is 10.6. The number of rotatable bonds is 8. The normalized spacial score (nSPS) is 20.5. The molecular weight excluding hydrogens is 511 g/mol. The van der Waals surface area contributed by atoms with Crippen molar-refractivity contribution in [3.05, 3.63) is 29.8 Å². The lowest BCUT2D eigenvalue weighted by atomic mass is 10.0. The van der Waals surface area contributed by atoms with Gasteiger partial charge in [-0.25, -0.2) is 4.99 Å². The third-order valence-electron chi connectivity index (χ3n) is 5.50. The van der Waals surface area contributed by atoms with Crippen molar-refractivity contribution in [1.82, 2.24) is 15.1 Å². The zero-order chi connectivity index (χ0) is 21.3. The molecule has 2 aliphatic heterocycles. The van der Waals surface area contributed by atoms with Crippen LogP contribution in [0.5, 0.6) is 5.75 Å². The summed E-state index contributed by atoms with van der Waals surface area (Å²) in [6.45, 7) is 4.48. The molecule has 0 saturated carbocycles. The number of ether oxygens (including phenoxy) is 3. The van der Waals surface area contributed by atoms with E-state index in [4.69, 9.17) is 14.2 Å². The van der Waals surface area contributed by atoms with E-state index >= 15 is 0 Å². The van der Waals surface area contributed by atoms with Crippen LogP contribution in [0.4, 0.5) is 0 Å². The van der Waals surface area contributed by atoms with Gasteiger partial charge in [0.15, 0.2) is 5.96 Å². The second-order valence-electron chi connectivity index (χ2n) is 7.97. The Morgan fingerprint density at radius 2 is 2.10 bits per heavy atom. The highest BCUT2D eigenvalue weighted by molar-refractivity contribution is 14.0. The number of benzene rings is 1. The Hall–Kier alpha value is -1.59. The molecule has 8 nitrogen and oxygen atoms in total. The number of halogens is 1. The summed E-state index contributed by atoms with van der Waals surface area (Å²) in [5.74, 6) is 2.13. The molecule has 3 rings (SSSR count). The number of carbonyl (C=O) groups excluding carboxylic acids is 1. The zero-order valence-corrected chi connectivity index (χ0v) is 21.0. The number of likely N-dealkylation sites (tertiary alicyclic amines) is 1. The predicted octanol–water partition coefficient (Wildman–Crippen LogP) is 2.15. The average molecular weight is 546 g/mol. The Morgan fingerprint density at radius 1 is 1.29 bits per heavy atom. The first-order valence-corrected chi connectivity index (χ1v) is 10.6. The highest BCUT2D eigenvalue weighted by Gasteiger charge is 2.29. The molecule has 2 atom stereocenters. The number of methoxy groups -OCH3 is 1. The molecule has 174 valence electrons. The van der Waals surface area contributed by atoms with Gasteiger partial charge in [-0.2, -0.15) is 0 Å². The highest BCUT2D eigenvalue weighted by atomic mass is 127. The molecule has 0 aliphatic carbocycles. The van der Waals surface area contributed by atoms with Gasteiger partial charge in [0, 0.05) is 52.2 Å². The molecule has 1 N–H and O–H groups in total. The first kappa shape index (κ1) is 25.7. The Morgan fingerprint density at radius 3 is 2.87 bits per heavy atom. The number of likely N-dealkylation sites (N-methyl/N-ethyl adjacent to an activating group) is 1. The van der Waals surface area contributed by atoms with E-state index in [0.29, 0.717) is 32.3 Å². The van der Waals surface area contributed by atoms with Crippen molar-refractivity contribution in [2.45, 2.75) is 18.9 Å². The van der Waals surface area contributed by atoms with E-state index in [9.17, 15) is 4.79 Å². The minimum atomic E-state index is -0.0136. The fourth-order valence-electron chi connectivity index (χ4n) is 3.72. The van der Waals surface area contributed by atoms with Crippen molar-refractivity contribution in [3.63, 3.8) is 0 Å². The fraction of sp³-hybridized carbons (Fsp3) is 0.636. The van der Waals surface area contributed by atoms with Gasteiger partial charge in [0.1, 0.15) is 12.3 Å². The maximum absolute atomic E-state index is 12.1. The van der Waals surface area contributed by atoms with Gasteiger partial charge >= 0.3 is 0 Å². The maximum atomic E-state index is 12.1. The Labute approximate surface area is 202 Å². The summed E-state index contributed by atoms with van der Waals surface area (Å²) in [5, 5.41) is 3.61. The molecule has 0 bridgehead atoms. The van der Waals surface area contributed by atoms with Crippen molar-refractivity contribution in [2.24, 2.45) is 10.9 Å². The number of aliphatic imine (C=N–C) groups is 1. The second kappa shape index (κ2) is 13.1. The number of amides is 1. The number of fused-ring (bicyclic) bond motifs is 1. The molecule has 0 radical (unpaired) electrons. The van der Waals surface area contributed by atoms with Gasteiger partial charge in [0.25, 0.3) is 0 Å². The van der Waals surface area contributed by atoms with Gasteiger partial charge in [0.05, 0.1) is 32.5 Å². The van der Waals surface area contributed by atoms with E-state index in [0.717, 1.165) is 43.2 Å². The number of hydrogen-bond donors (Lipinski definition) is 1. The molecular formula is C22H35IN4O4. The molecule has 1 aromatic rings. The second-order valence-corrected chi connectivity index (χ2v) is 7.97. The Bertz CT molecular complexity index is 731. The fourth-order valence-corrected chi connectivity index (χ4v) is 3.72. The van der Waals surface area contributed by atoms with E-state index in [1.807, 2.05) is 18.2 Å². The van der Waals surface area contributed by atoms with Crippen LogP contribution in [0.3, 0.4) is 0 Å². The number of carbonyl (C=O) groups is 1. The molecule has 2 unspecified atom stereocenters. The number of hydrogen-bond acceptors (Lipinski definition) is 5. The van der Waals surface area contributed by atoms with Crippen molar-refractivity contribution < 1.29 is 19.0 Å². The van der Waals surface area contributed by atoms with Crippen LogP contribution in [0.2, 0.25) is 0 Å². The number of nitrogens with one attached hydrogen (secondary N) is 1. The van der Waals surface area contributed by atoms with Gasteiger partial charge in [-0.05, 0) is 12.5 Å². The van der Waals surface area contributed by atoms with Crippen LogP contribution in [0.15, 0.2) is 29.3 Å². The summed E-state index contributed by atoms with van der Waals surface area (Å²) < 4.78 is 16.6. The third-order valence-corrected chi connectivity index (χ3v) is 5.50. The highest BCUT2D eigenvalue weighted by Crippen LogP contribution is 2.32. The summed E-state index contributed by atoms with van der Waals surface area (Å²) in [7, 11) is 5.18. The molecule has 1 aromatic carbocycles. The molecule has 1 saturated heterocycles. The predicted molar refractivity (Wildman–Crippen MR) is 131 cm³/mol. The minimum absolute atomic E-state index is 0. The van der Waals surface area contributed by atoms with E-state index < -0.39 is 0 Å². The van der Waals surface area contributed by atoms with Gasteiger partial charge in [0.2, 0.25) is 5.91 Å². The summed E-state index contributed by atoms with van der Waals surface area (Å²) in [5.41, 5.74) is 1.13. The van der Waals surface area contributed by atoms with Crippen LogP contribution >= 0.6 is 24.0 Å². The molecule has 2 aliphatic rings. The summed E-state index contributed by atoms with van der Waals surface area (Å²) in [6.07, 6.45) is 1.90. The molecule has 0 spiro atoms. The van der Waals surface area contributed by atoms with E-state index in [1.165, 1.54) is 0 Å². The van der Waals surface area contributed by atoms with Crippen LogP contribution in [0.25, 0.3) is 0 Å². The molecule has 9 heteroatoms. The Kier molecular flexibility index (Phi) is 10.8. The standard InChI is InChI=1S/C22H34N4O4.HI/c1-25(2)21(27)14-23-22(26-10-8-17(15-26)16-29-13-12-28-3)24-19-9-11-30-20-7-5-4-6-18(19)20;/h4-7,17,19H,8-16H2,1-3H3,(H,23,24);1H. The summed E-state index contributed by atoms with van der Waals surface area (Å²) in [4.78, 5) is 20.6. The summed E-state index contributed by atoms with van der Waals surface area (Å²) in [6, 6.07) is 8.21. The average Bonchev–Trinajstić information content (AvgIpc) is 3.22. The van der Waals surface area contributed by atoms with Crippen LogP contribution in [-0.2, 0) is 14.3 Å². The van der Waals surface area contributed by atoms with Gasteiger partial charge in [-0.1, -0.05) is 18.2 Å². The number of para-hydroxylation sites is 1. The zero-order valence-electron chi connectivity index (χ0n) is 18.7. The summed E-state index contributed by atoms with van der Waals surface area (Å²) >= 11 is 0. The van der Waals surface area contributed by atoms with E-state index in [-0.39, 0.29) is 42.5 Å². The van der Waals surface area contributed by atoms with Crippen LogP contribution in [0, 0.1) is 5.92 Å². The van der Waals surface area contributed by atoms with Crippen LogP contribution < -0.4 is 10.1 Å². The van der Waals surface area contributed by atoms with Crippen molar-refractivity contribution in [2.75, 3.05) is 67.3 Å². The minimum Gasteiger partial charge on any atom is -0.493 e. The largest absolute Gasteiger partial charge is 0.493 e. The smallest absolute Gasteiger partial charge is 0.243 e. The SMILES string of the molecule is COCCOCC1CCN(C(=NCC(=O)N(C)C)NC2CCOc3ccccc32)C1.I. The molecule has 1 amide bonds. The molecule has 2 heterocycles. The van der Waals surface area contributed by atoms with Crippen molar-refractivity contribution in [1.29, 1.82) is 0 Å². The quantitative estimate of drug-likeness (QED) is 0.233. The topological polar surface area (TPSA) is 75.6 Å². The van der Waals surface area contributed by atoms with Gasteiger partial charge in [-0.15, -0.1) is 24.0 Å². The maximum Gasteiger partial charge on any atom is 0.243 e. The lowest BCUT2D eigenvalue weighted by Crippen LogP contribution is -2.44. The van der Waals surface area contributed by atoms with Gasteiger partial charge < -0.3 is 29.3 Å². The molecule has 1 fully saturated rings. The first-order chi connectivity index (χ1) is 14.6. The molecule has 31 heavy (non-hydrogen) atoms. The Balaban J connectivity index is 0.00000341. The molecule has 0 aromatic heterocycles. The van der Waals surface area contributed by atoms with Crippen LogP contribution in [-0.4, -0.2) is 88.9 Å².